The standard InChI is InChI=1S/C14H26N2O.ClH/c1-15-10-13-7-8-16(11-13)14(17)9-12-5-3-2-4-6-12;/h12-13,15H,2-11H2,1H3;1H. The summed E-state index contributed by atoms with van der Waals surface area (Å²) in [6, 6.07) is 0. The van der Waals surface area contributed by atoms with E-state index in [0.29, 0.717) is 17.7 Å². The van der Waals surface area contributed by atoms with Gasteiger partial charge < -0.3 is 10.2 Å². The molecule has 1 atom stereocenters. The van der Waals surface area contributed by atoms with E-state index in [-0.39, 0.29) is 12.4 Å². The van der Waals surface area contributed by atoms with Gasteiger partial charge in [-0.05, 0) is 44.7 Å². The SMILES string of the molecule is CNCC1CCN(C(=O)CC2CCCCC2)C1.Cl. The zero-order valence-corrected chi connectivity index (χ0v) is 12.3. The first-order valence-electron chi connectivity index (χ1n) is 7.22. The summed E-state index contributed by atoms with van der Waals surface area (Å²) in [6.45, 7) is 3.01. The number of rotatable bonds is 4. The van der Waals surface area contributed by atoms with E-state index in [4.69, 9.17) is 0 Å². The molecule has 0 bridgehead atoms. The predicted molar refractivity (Wildman–Crippen MR) is 77.1 cm³/mol. The van der Waals surface area contributed by atoms with E-state index < -0.39 is 0 Å². The molecule has 1 unspecified atom stereocenters. The molecule has 2 aliphatic rings. The van der Waals surface area contributed by atoms with Crippen LogP contribution in [-0.2, 0) is 4.79 Å². The molecular weight excluding hydrogens is 248 g/mol. The van der Waals surface area contributed by atoms with Crippen molar-refractivity contribution in [1.82, 2.24) is 10.2 Å². The molecule has 0 aromatic heterocycles. The van der Waals surface area contributed by atoms with Gasteiger partial charge in [-0.1, -0.05) is 19.3 Å². The minimum Gasteiger partial charge on any atom is -0.342 e. The summed E-state index contributed by atoms with van der Waals surface area (Å²) in [6.07, 6.45) is 8.59. The summed E-state index contributed by atoms with van der Waals surface area (Å²) in [5.74, 6) is 1.77. The Bertz CT molecular complexity index is 254. The van der Waals surface area contributed by atoms with Crippen LogP contribution in [0.5, 0.6) is 0 Å². The molecule has 2 fully saturated rings. The highest BCUT2D eigenvalue weighted by Crippen LogP contribution is 2.27. The van der Waals surface area contributed by atoms with Gasteiger partial charge in [0.15, 0.2) is 0 Å². The van der Waals surface area contributed by atoms with Crippen LogP contribution in [0.25, 0.3) is 0 Å². The van der Waals surface area contributed by atoms with Crippen LogP contribution in [0.1, 0.15) is 44.9 Å². The number of nitrogens with zero attached hydrogens (tertiary/aromatic N) is 1. The number of halogens is 1. The molecule has 0 aromatic carbocycles. The van der Waals surface area contributed by atoms with Crippen molar-refractivity contribution < 1.29 is 4.79 Å². The molecule has 1 N–H and O–H groups in total. The van der Waals surface area contributed by atoms with Gasteiger partial charge in [-0.3, -0.25) is 4.79 Å². The van der Waals surface area contributed by atoms with E-state index in [2.05, 4.69) is 10.2 Å². The quantitative estimate of drug-likeness (QED) is 0.854. The third-order valence-corrected chi connectivity index (χ3v) is 4.32. The number of nitrogens with one attached hydrogen (secondary N) is 1. The average molecular weight is 275 g/mol. The van der Waals surface area contributed by atoms with Crippen LogP contribution in [0.2, 0.25) is 0 Å². The molecule has 1 heterocycles. The first-order valence-corrected chi connectivity index (χ1v) is 7.22. The van der Waals surface area contributed by atoms with Crippen molar-refractivity contribution in [2.45, 2.75) is 44.9 Å². The maximum absolute atomic E-state index is 12.2. The molecule has 0 aromatic rings. The molecule has 0 spiro atoms. The minimum atomic E-state index is 0. The van der Waals surface area contributed by atoms with Crippen LogP contribution in [0, 0.1) is 11.8 Å². The third kappa shape index (κ3) is 4.43. The van der Waals surface area contributed by atoms with Crippen LogP contribution in [0.3, 0.4) is 0 Å². The fourth-order valence-corrected chi connectivity index (χ4v) is 3.28. The van der Waals surface area contributed by atoms with Gasteiger partial charge in [0.2, 0.25) is 5.91 Å². The van der Waals surface area contributed by atoms with Crippen molar-refractivity contribution in [3.63, 3.8) is 0 Å². The number of carbonyl (C=O) groups is 1. The van der Waals surface area contributed by atoms with Gasteiger partial charge in [0.05, 0.1) is 0 Å². The monoisotopic (exact) mass is 274 g/mol. The first-order chi connectivity index (χ1) is 8.29. The highest BCUT2D eigenvalue weighted by molar-refractivity contribution is 5.85. The second-order valence-electron chi connectivity index (χ2n) is 5.76. The number of likely N-dealkylation sites (tertiary alicyclic amines) is 1. The summed E-state index contributed by atoms with van der Waals surface area (Å²) < 4.78 is 0. The lowest BCUT2D eigenvalue weighted by molar-refractivity contribution is -0.131. The van der Waals surface area contributed by atoms with Crippen molar-refractivity contribution in [2.24, 2.45) is 11.8 Å². The van der Waals surface area contributed by atoms with Crippen LogP contribution >= 0.6 is 12.4 Å². The highest BCUT2D eigenvalue weighted by atomic mass is 35.5. The van der Waals surface area contributed by atoms with E-state index in [0.717, 1.165) is 26.1 Å². The summed E-state index contributed by atoms with van der Waals surface area (Å²) in [4.78, 5) is 14.3. The molecule has 1 saturated carbocycles. The Morgan fingerprint density at radius 3 is 2.56 bits per heavy atom. The number of hydrogen-bond acceptors (Lipinski definition) is 2. The Balaban J connectivity index is 0.00000162. The van der Waals surface area contributed by atoms with Gasteiger partial charge in [-0.2, -0.15) is 0 Å². The van der Waals surface area contributed by atoms with Crippen molar-refractivity contribution in [1.29, 1.82) is 0 Å². The zero-order chi connectivity index (χ0) is 12.1. The summed E-state index contributed by atoms with van der Waals surface area (Å²) in [5.41, 5.74) is 0. The average Bonchev–Trinajstić information content (AvgIpc) is 2.79. The van der Waals surface area contributed by atoms with Crippen LogP contribution in [0.15, 0.2) is 0 Å². The minimum absolute atomic E-state index is 0. The molecule has 4 heteroatoms. The fraction of sp³-hybridized carbons (Fsp3) is 0.929. The Morgan fingerprint density at radius 1 is 1.17 bits per heavy atom. The number of hydrogen-bond donors (Lipinski definition) is 1. The molecule has 1 saturated heterocycles. The maximum atomic E-state index is 12.2. The first kappa shape index (κ1) is 15.8. The lowest BCUT2D eigenvalue weighted by Crippen LogP contribution is -2.31. The zero-order valence-electron chi connectivity index (χ0n) is 11.5. The van der Waals surface area contributed by atoms with E-state index in [1.54, 1.807) is 0 Å². The maximum Gasteiger partial charge on any atom is 0.222 e. The lowest BCUT2D eigenvalue weighted by atomic mass is 9.87. The van der Waals surface area contributed by atoms with Crippen molar-refractivity contribution >= 4 is 18.3 Å². The second kappa shape index (κ2) is 8.00. The van der Waals surface area contributed by atoms with Crippen molar-refractivity contribution in [2.75, 3.05) is 26.7 Å². The summed E-state index contributed by atoms with van der Waals surface area (Å²) in [5, 5.41) is 3.21. The topological polar surface area (TPSA) is 32.3 Å². The predicted octanol–water partition coefficient (Wildman–Crippen LogP) is 2.45. The molecule has 3 nitrogen and oxygen atoms in total. The van der Waals surface area contributed by atoms with Crippen molar-refractivity contribution in [3.05, 3.63) is 0 Å². The normalized spacial score (nSPS) is 24.9. The van der Waals surface area contributed by atoms with E-state index >= 15 is 0 Å². The number of amides is 1. The van der Waals surface area contributed by atoms with E-state index in [9.17, 15) is 4.79 Å². The molecule has 106 valence electrons. The van der Waals surface area contributed by atoms with Gasteiger partial charge in [-0.25, -0.2) is 0 Å². The number of carbonyl (C=O) groups excluding carboxylic acids is 1. The van der Waals surface area contributed by atoms with Gasteiger partial charge in [0, 0.05) is 19.5 Å². The van der Waals surface area contributed by atoms with Gasteiger partial charge in [0.1, 0.15) is 0 Å². The van der Waals surface area contributed by atoms with Crippen LogP contribution in [0.4, 0.5) is 0 Å². The second-order valence-corrected chi connectivity index (χ2v) is 5.76. The Hall–Kier alpha value is -0.280. The van der Waals surface area contributed by atoms with Crippen LogP contribution < -0.4 is 5.32 Å². The molecule has 18 heavy (non-hydrogen) atoms. The Morgan fingerprint density at radius 2 is 1.89 bits per heavy atom. The fourth-order valence-electron chi connectivity index (χ4n) is 3.28. The lowest BCUT2D eigenvalue weighted by Gasteiger charge is -2.24. The molecule has 1 aliphatic carbocycles. The van der Waals surface area contributed by atoms with E-state index in [1.807, 2.05) is 7.05 Å². The van der Waals surface area contributed by atoms with Gasteiger partial charge >= 0.3 is 0 Å². The van der Waals surface area contributed by atoms with E-state index in [1.165, 1.54) is 38.5 Å². The van der Waals surface area contributed by atoms with Gasteiger partial charge in [-0.15, -0.1) is 12.4 Å². The molecule has 2 rings (SSSR count). The van der Waals surface area contributed by atoms with Gasteiger partial charge in [0.25, 0.3) is 0 Å². The smallest absolute Gasteiger partial charge is 0.222 e. The van der Waals surface area contributed by atoms with Crippen molar-refractivity contribution in [3.8, 4) is 0 Å². The molecular formula is C14H27ClN2O. The molecule has 1 amide bonds. The summed E-state index contributed by atoms with van der Waals surface area (Å²) >= 11 is 0. The Kier molecular flexibility index (Phi) is 7.02. The van der Waals surface area contributed by atoms with Crippen LogP contribution in [-0.4, -0.2) is 37.5 Å². The molecule has 1 aliphatic heterocycles. The third-order valence-electron chi connectivity index (χ3n) is 4.32. The highest BCUT2D eigenvalue weighted by Gasteiger charge is 2.27. The summed E-state index contributed by atoms with van der Waals surface area (Å²) in [7, 11) is 1.99. The molecule has 0 radical (unpaired) electrons. The largest absolute Gasteiger partial charge is 0.342 e. The Labute approximate surface area is 117 Å².